The van der Waals surface area contributed by atoms with Crippen molar-refractivity contribution in [3.63, 3.8) is 0 Å². The zero-order chi connectivity index (χ0) is 20.4. The van der Waals surface area contributed by atoms with Gasteiger partial charge in [-0.3, -0.25) is 4.90 Å². The minimum Gasteiger partial charge on any atom is -0.325 e. The molecule has 0 spiro atoms. The predicted molar refractivity (Wildman–Crippen MR) is 112 cm³/mol. The summed E-state index contributed by atoms with van der Waals surface area (Å²) in [5.74, 6) is 0. The molecule has 2 atom stereocenters. The molecule has 2 aromatic rings. The van der Waals surface area contributed by atoms with E-state index in [2.05, 4.69) is 0 Å². The minimum absolute atomic E-state index is 0.0724. The summed E-state index contributed by atoms with van der Waals surface area (Å²) in [5, 5.41) is 0. The van der Waals surface area contributed by atoms with Gasteiger partial charge >= 0.3 is 6.03 Å². The number of sulfonamides is 1. The molecule has 154 valence electrons. The summed E-state index contributed by atoms with van der Waals surface area (Å²) in [6, 6.07) is 17.6. The molecular formula is C22H27N3O3S. The molecule has 2 aliphatic heterocycles. The second kappa shape index (κ2) is 8.16. The van der Waals surface area contributed by atoms with Gasteiger partial charge in [0.2, 0.25) is 10.0 Å². The molecule has 0 saturated carbocycles. The Bertz CT molecular complexity index is 944. The van der Waals surface area contributed by atoms with Crippen LogP contribution in [0.15, 0.2) is 65.6 Å². The van der Waals surface area contributed by atoms with E-state index in [4.69, 9.17) is 0 Å². The van der Waals surface area contributed by atoms with Crippen LogP contribution < -0.4 is 0 Å². The van der Waals surface area contributed by atoms with Crippen LogP contribution in [0.4, 0.5) is 4.79 Å². The lowest BCUT2D eigenvalue weighted by Gasteiger charge is -2.37. The summed E-state index contributed by atoms with van der Waals surface area (Å²) in [5.41, 5.74) is 0.807. The Kier molecular flexibility index (Phi) is 5.61. The Labute approximate surface area is 172 Å². The van der Waals surface area contributed by atoms with Crippen molar-refractivity contribution in [2.24, 2.45) is 0 Å². The summed E-state index contributed by atoms with van der Waals surface area (Å²) in [6.07, 6.45) is 2.48. The third-order valence-electron chi connectivity index (χ3n) is 5.75. The van der Waals surface area contributed by atoms with E-state index in [1.807, 2.05) is 42.2 Å². The molecule has 2 amide bonds. The fraction of sp³-hybridized carbons (Fsp3) is 0.409. The first kappa shape index (κ1) is 19.9. The summed E-state index contributed by atoms with van der Waals surface area (Å²) < 4.78 is 28.4. The number of rotatable bonds is 3. The van der Waals surface area contributed by atoms with E-state index >= 15 is 0 Å². The van der Waals surface area contributed by atoms with Crippen molar-refractivity contribution >= 4 is 16.1 Å². The van der Waals surface area contributed by atoms with Crippen LogP contribution in [0, 0.1) is 0 Å². The Hall–Kier alpha value is -2.38. The lowest BCUT2D eigenvalue weighted by molar-refractivity contribution is 0.116. The first-order valence-electron chi connectivity index (χ1n) is 10.2. The molecule has 2 heterocycles. The van der Waals surface area contributed by atoms with Crippen LogP contribution >= 0.6 is 0 Å². The lowest BCUT2D eigenvalue weighted by Crippen LogP contribution is -2.48. The summed E-state index contributed by atoms with van der Waals surface area (Å²) in [6.45, 7) is 3.67. The highest BCUT2D eigenvalue weighted by atomic mass is 32.2. The molecule has 7 heteroatoms. The molecule has 2 aliphatic rings. The summed E-state index contributed by atoms with van der Waals surface area (Å²) in [7, 11) is -3.75. The number of piperidine rings is 1. The van der Waals surface area contributed by atoms with Gasteiger partial charge in [0.05, 0.1) is 4.90 Å². The van der Waals surface area contributed by atoms with Crippen LogP contribution in [0.1, 0.15) is 37.9 Å². The normalized spacial score (nSPS) is 23.3. The Morgan fingerprint density at radius 3 is 2.10 bits per heavy atom. The van der Waals surface area contributed by atoms with Crippen molar-refractivity contribution in [2.45, 2.75) is 43.3 Å². The molecule has 2 aromatic carbocycles. The molecule has 4 rings (SSSR count). The van der Waals surface area contributed by atoms with Gasteiger partial charge in [0, 0.05) is 25.7 Å². The van der Waals surface area contributed by atoms with Crippen molar-refractivity contribution < 1.29 is 13.2 Å². The molecule has 0 aromatic heterocycles. The standard InChI is InChI=1S/C22H27N3O3S/c1-18-17-24(29(27,28)20-13-7-3-8-14-20)21(19-11-5-2-6-12-19)25(18)22(26)23-15-9-4-10-16-23/h2-3,5-8,11-14,18,21H,4,9-10,15-17H2,1H3. The van der Waals surface area contributed by atoms with E-state index in [9.17, 15) is 13.2 Å². The number of hydrogen-bond acceptors (Lipinski definition) is 3. The smallest absolute Gasteiger partial charge is 0.321 e. The number of nitrogens with zero attached hydrogens (tertiary/aromatic N) is 3. The van der Waals surface area contributed by atoms with Gasteiger partial charge < -0.3 is 4.90 Å². The third-order valence-corrected chi connectivity index (χ3v) is 7.58. The average Bonchev–Trinajstić information content (AvgIpc) is 3.13. The quantitative estimate of drug-likeness (QED) is 0.771. The third kappa shape index (κ3) is 3.76. The van der Waals surface area contributed by atoms with E-state index in [1.165, 1.54) is 4.31 Å². The van der Waals surface area contributed by atoms with E-state index < -0.39 is 16.2 Å². The van der Waals surface area contributed by atoms with E-state index in [0.717, 1.165) is 37.9 Å². The fourth-order valence-corrected chi connectivity index (χ4v) is 5.95. The number of benzene rings is 2. The van der Waals surface area contributed by atoms with Crippen LogP contribution in [-0.4, -0.2) is 54.2 Å². The Morgan fingerprint density at radius 1 is 0.897 bits per heavy atom. The van der Waals surface area contributed by atoms with Gasteiger partial charge in [0.1, 0.15) is 6.17 Å². The summed E-state index contributed by atoms with van der Waals surface area (Å²) >= 11 is 0. The fourth-order valence-electron chi connectivity index (χ4n) is 4.28. The van der Waals surface area contributed by atoms with Gasteiger partial charge in [-0.1, -0.05) is 48.5 Å². The minimum atomic E-state index is -3.75. The molecule has 6 nitrogen and oxygen atoms in total. The van der Waals surface area contributed by atoms with Gasteiger partial charge in [-0.05, 0) is 43.9 Å². The van der Waals surface area contributed by atoms with Gasteiger partial charge in [0.25, 0.3) is 0 Å². The van der Waals surface area contributed by atoms with Gasteiger partial charge in [0.15, 0.2) is 0 Å². The Morgan fingerprint density at radius 2 is 1.48 bits per heavy atom. The van der Waals surface area contributed by atoms with Crippen molar-refractivity contribution in [1.29, 1.82) is 0 Å². The second-order valence-corrected chi connectivity index (χ2v) is 9.65. The van der Waals surface area contributed by atoms with Crippen molar-refractivity contribution in [3.8, 4) is 0 Å². The van der Waals surface area contributed by atoms with Crippen LogP contribution in [0.2, 0.25) is 0 Å². The molecule has 2 fully saturated rings. The number of amides is 2. The van der Waals surface area contributed by atoms with Gasteiger partial charge in [-0.25, -0.2) is 13.2 Å². The number of likely N-dealkylation sites (tertiary alicyclic amines) is 1. The first-order chi connectivity index (χ1) is 14.0. The molecule has 0 bridgehead atoms. The van der Waals surface area contributed by atoms with Crippen molar-refractivity contribution in [3.05, 3.63) is 66.2 Å². The monoisotopic (exact) mass is 413 g/mol. The van der Waals surface area contributed by atoms with E-state index in [1.54, 1.807) is 35.2 Å². The number of carbonyl (C=O) groups is 1. The summed E-state index contributed by atoms with van der Waals surface area (Å²) in [4.78, 5) is 17.3. The maximum absolute atomic E-state index is 13.5. The highest BCUT2D eigenvalue weighted by Crippen LogP contribution is 2.38. The van der Waals surface area contributed by atoms with Crippen LogP contribution in [0.3, 0.4) is 0 Å². The van der Waals surface area contributed by atoms with Crippen LogP contribution in [0.25, 0.3) is 0 Å². The highest BCUT2D eigenvalue weighted by Gasteiger charge is 2.48. The topological polar surface area (TPSA) is 60.9 Å². The average molecular weight is 414 g/mol. The number of urea groups is 1. The molecule has 0 aliphatic carbocycles. The molecular weight excluding hydrogens is 386 g/mol. The van der Waals surface area contributed by atoms with Crippen LogP contribution in [-0.2, 0) is 10.0 Å². The Balaban J connectivity index is 1.75. The zero-order valence-corrected chi connectivity index (χ0v) is 17.5. The first-order valence-corrected chi connectivity index (χ1v) is 11.6. The second-order valence-electron chi connectivity index (χ2n) is 7.76. The molecule has 0 N–H and O–H groups in total. The van der Waals surface area contributed by atoms with E-state index in [-0.39, 0.29) is 23.5 Å². The largest absolute Gasteiger partial charge is 0.325 e. The lowest BCUT2D eigenvalue weighted by atomic mass is 10.1. The zero-order valence-electron chi connectivity index (χ0n) is 16.6. The SMILES string of the molecule is CC1CN(S(=O)(=O)c2ccccc2)C(c2ccccc2)N1C(=O)N1CCCCC1. The molecule has 2 saturated heterocycles. The van der Waals surface area contributed by atoms with E-state index in [0.29, 0.717) is 0 Å². The maximum atomic E-state index is 13.5. The predicted octanol–water partition coefficient (Wildman–Crippen LogP) is 3.69. The highest BCUT2D eigenvalue weighted by molar-refractivity contribution is 7.89. The van der Waals surface area contributed by atoms with Crippen molar-refractivity contribution in [2.75, 3.05) is 19.6 Å². The van der Waals surface area contributed by atoms with Gasteiger partial charge in [-0.2, -0.15) is 4.31 Å². The maximum Gasteiger partial charge on any atom is 0.321 e. The number of hydrogen-bond donors (Lipinski definition) is 0. The van der Waals surface area contributed by atoms with Crippen molar-refractivity contribution in [1.82, 2.24) is 14.1 Å². The molecule has 29 heavy (non-hydrogen) atoms. The van der Waals surface area contributed by atoms with Gasteiger partial charge in [-0.15, -0.1) is 0 Å². The molecule has 0 radical (unpaired) electrons. The number of carbonyl (C=O) groups excluding carboxylic acids is 1. The molecule has 2 unspecified atom stereocenters. The van der Waals surface area contributed by atoms with Crippen LogP contribution in [0.5, 0.6) is 0 Å².